The van der Waals surface area contributed by atoms with Crippen LogP contribution in [-0.4, -0.2) is 91.5 Å². The maximum atomic E-state index is 11.6. The van der Waals surface area contributed by atoms with Gasteiger partial charge in [0.2, 0.25) is 0 Å². The van der Waals surface area contributed by atoms with E-state index in [1.54, 1.807) is 48.8 Å². The van der Waals surface area contributed by atoms with Gasteiger partial charge in [-0.15, -0.1) is 0 Å². The zero-order valence-electron chi connectivity index (χ0n) is 27.0. The Morgan fingerprint density at radius 2 is 1.48 bits per heavy atom. The molecule has 0 radical (unpaired) electrons. The summed E-state index contributed by atoms with van der Waals surface area (Å²) in [7, 11) is 3.68. The summed E-state index contributed by atoms with van der Waals surface area (Å²) in [6.07, 6.45) is 9.47. The van der Waals surface area contributed by atoms with Gasteiger partial charge in [0, 0.05) is 44.6 Å². The van der Waals surface area contributed by atoms with Gasteiger partial charge in [0.1, 0.15) is 35.7 Å². The number of halogens is 3. The van der Waals surface area contributed by atoms with E-state index in [2.05, 4.69) is 14.4 Å². The molecule has 6 heterocycles. The molecule has 0 aliphatic carbocycles. The smallest absolute Gasteiger partial charge is 0.360 e. The van der Waals surface area contributed by atoms with Gasteiger partial charge in [-0.2, -0.15) is 0 Å². The van der Waals surface area contributed by atoms with Gasteiger partial charge in [0.05, 0.1) is 35.5 Å². The first-order valence-corrected chi connectivity index (χ1v) is 15.5. The van der Waals surface area contributed by atoms with Crippen LogP contribution in [0.25, 0.3) is 6.08 Å². The lowest BCUT2D eigenvalue weighted by molar-refractivity contribution is -0.496. The first-order chi connectivity index (χ1) is 23.5. The number of pyridine rings is 2. The van der Waals surface area contributed by atoms with Crippen molar-refractivity contribution in [2.45, 2.75) is 13.1 Å². The van der Waals surface area contributed by atoms with Crippen molar-refractivity contribution in [2.24, 2.45) is 0 Å². The zero-order chi connectivity index (χ0) is 35.3. The number of nitrogens with zero attached hydrogens (tertiary/aromatic N) is 8. The van der Waals surface area contributed by atoms with Crippen LogP contribution in [0.4, 0.5) is 0 Å². The predicted molar refractivity (Wildman–Crippen MR) is 181 cm³/mol. The number of rotatable bonds is 9. The van der Waals surface area contributed by atoms with Gasteiger partial charge in [0.25, 0.3) is 6.20 Å². The van der Waals surface area contributed by atoms with E-state index in [4.69, 9.17) is 27.6 Å². The number of nitro groups is 2. The lowest BCUT2D eigenvalue weighted by Crippen LogP contribution is -3.00. The third-order valence-electron chi connectivity index (χ3n) is 7.24. The fourth-order valence-electron chi connectivity index (χ4n) is 4.92. The first-order valence-electron chi connectivity index (χ1n) is 14.8. The number of amidine groups is 1. The van der Waals surface area contributed by atoms with Gasteiger partial charge >= 0.3 is 11.5 Å². The van der Waals surface area contributed by atoms with Crippen molar-refractivity contribution in [1.29, 1.82) is 0 Å². The highest BCUT2D eigenvalue weighted by molar-refractivity contribution is 6.29. The van der Waals surface area contributed by atoms with Crippen LogP contribution < -0.4 is 12.4 Å². The Hall–Kier alpha value is -5.25. The van der Waals surface area contributed by atoms with Gasteiger partial charge in [0.15, 0.2) is 17.9 Å². The average Bonchev–Trinajstić information content (AvgIpc) is 3.90. The fraction of sp³-hybridized carbons (Fsp3) is 0.250. The van der Waals surface area contributed by atoms with Gasteiger partial charge in [-0.05, 0) is 42.0 Å². The summed E-state index contributed by atoms with van der Waals surface area (Å²) >= 11 is 11.5. The molecule has 0 spiro atoms. The number of carbonyl (C=O) groups is 1. The molecule has 4 aromatic heterocycles. The molecule has 0 amide bonds. The summed E-state index contributed by atoms with van der Waals surface area (Å²) in [5, 5.41) is 23.0. The maximum Gasteiger partial charge on any atom is 0.360 e. The molecule has 264 valence electrons. The van der Waals surface area contributed by atoms with Crippen LogP contribution in [-0.2, 0) is 13.1 Å². The average molecular weight is 748 g/mol. The SMILES string of the molecule is CN1CCN(Cc2ccc(Cl)nc2)/C1=C\[N+](=O)[O-].C[N+]1=C(/C(=C\c2ccco2)[N+](=O)[O-])N(Cc2ccc(Cl)nc2)CC1.O=Cc1ccco1.[Cl-]. The van der Waals surface area contributed by atoms with Crippen molar-refractivity contribution < 1.29 is 40.5 Å². The molecule has 4 aromatic rings. The van der Waals surface area contributed by atoms with Crippen molar-refractivity contribution in [1.82, 2.24) is 24.7 Å². The Morgan fingerprint density at radius 3 is 1.94 bits per heavy atom. The van der Waals surface area contributed by atoms with E-state index in [-0.39, 0.29) is 23.0 Å². The first kappa shape index (κ1) is 39.2. The van der Waals surface area contributed by atoms with E-state index in [0.717, 1.165) is 30.4 Å². The Labute approximate surface area is 303 Å². The molecule has 0 aromatic carbocycles. The van der Waals surface area contributed by atoms with Crippen molar-refractivity contribution in [3.8, 4) is 0 Å². The molecule has 15 nitrogen and oxygen atoms in total. The highest BCUT2D eigenvalue weighted by Gasteiger charge is 2.39. The molecule has 2 aliphatic heterocycles. The maximum absolute atomic E-state index is 11.6. The molecule has 1 fully saturated rings. The van der Waals surface area contributed by atoms with Crippen LogP contribution in [0.2, 0.25) is 10.3 Å². The molecular formula is C32H33Cl3N8O7. The molecule has 50 heavy (non-hydrogen) atoms. The number of hydrogen-bond donors (Lipinski definition) is 0. The van der Waals surface area contributed by atoms with E-state index < -0.39 is 4.92 Å². The quantitative estimate of drug-likeness (QED) is 0.0806. The number of aldehydes is 1. The Balaban J connectivity index is 0.000000228. The van der Waals surface area contributed by atoms with Crippen molar-refractivity contribution in [2.75, 3.05) is 40.3 Å². The summed E-state index contributed by atoms with van der Waals surface area (Å²) in [4.78, 5) is 45.0. The van der Waals surface area contributed by atoms with E-state index in [9.17, 15) is 25.0 Å². The normalized spacial score (nSPS) is 14.8. The summed E-state index contributed by atoms with van der Waals surface area (Å²) < 4.78 is 11.7. The number of likely N-dealkylation sites (N-methyl/N-ethyl adjacent to an activating group) is 2. The second-order valence-corrected chi connectivity index (χ2v) is 11.5. The molecular weight excluding hydrogens is 715 g/mol. The molecule has 0 saturated carbocycles. The molecule has 0 N–H and O–H groups in total. The number of hydrogen-bond acceptors (Lipinski definition) is 12. The zero-order valence-corrected chi connectivity index (χ0v) is 29.2. The monoisotopic (exact) mass is 746 g/mol. The van der Waals surface area contributed by atoms with Crippen LogP contribution in [0.1, 0.15) is 27.4 Å². The summed E-state index contributed by atoms with van der Waals surface area (Å²) in [5.74, 6) is 2.00. The van der Waals surface area contributed by atoms with Gasteiger partial charge in [-0.3, -0.25) is 29.6 Å². The Kier molecular flexibility index (Phi) is 14.9. The number of aromatic nitrogens is 2. The van der Waals surface area contributed by atoms with E-state index >= 15 is 0 Å². The van der Waals surface area contributed by atoms with Crippen LogP contribution in [0.5, 0.6) is 0 Å². The molecule has 18 heteroatoms. The molecule has 2 aliphatic rings. The van der Waals surface area contributed by atoms with Crippen LogP contribution in [0.3, 0.4) is 0 Å². The van der Waals surface area contributed by atoms with Crippen molar-refractivity contribution in [3.05, 3.63) is 144 Å². The molecule has 0 unspecified atom stereocenters. The molecule has 6 rings (SSSR count). The van der Waals surface area contributed by atoms with Crippen molar-refractivity contribution in [3.63, 3.8) is 0 Å². The second-order valence-electron chi connectivity index (χ2n) is 10.7. The van der Waals surface area contributed by atoms with E-state index in [1.807, 2.05) is 45.5 Å². The van der Waals surface area contributed by atoms with E-state index in [1.165, 1.54) is 18.6 Å². The predicted octanol–water partition coefficient (Wildman–Crippen LogP) is 2.16. The Bertz CT molecular complexity index is 1800. The standard InChI is InChI=1S/C16H16ClN4O3.C11H13ClN4O2.C5H4O2.ClH/c1-19-6-7-20(11-12-4-5-15(17)18-10-12)16(19)14(21(22)23)9-13-3-2-8-24-13;1-14-4-5-15(11(14)8-16(17)18)7-9-2-3-10(12)13-6-9;6-4-5-2-1-3-7-5;/h2-5,8-10H,6-7,11H2,1H3;2-3,6,8H,4-5,7H2,1H3;1-4H;1H/q+1;;;/p-1/b14-9+;11-8-;;. The second kappa shape index (κ2) is 19.1. The fourth-order valence-corrected chi connectivity index (χ4v) is 5.14. The topological polar surface area (TPSA) is 168 Å². The number of carbonyl (C=O) groups excluding carboxylic acids is 1. The summed E-state index contributed by atoms with van der Waals surface area (Å²) in [6.45, 7) is 4.05. The van der Waals surface area contributed by atoms with Gasteiger partial charge < -0.3 is 31.0 Å². The summed E-state index contributed by atoms with van der Waals surface area (Å²) in [6, 6.07) is 13.8. The minimum absolute atomic E-state index is 0. The summed E-state index contributed by atoms with van der Waals surface area (Å²) in [5.41, 5.74) is 1.92. The molecule has 1 saturated heterocycles. The van der Waals surface area contributed by atoms with Gasteiger partial charge in [-0.1, -0.05) is 35.3 Å². The number of furan rings is 2. The van der Waals surface area contributed by atoms with Crippen molar-refractivity contribution >= 4 is 41.4 Å². The highest BCUT2D eigenvalue weighted by Crippen LogP contribution is 2.20. The van der Waals surface area contributed by atoms with Crippen LogP contribution in [0.15, 0.2) is 100 Å². The van der Waals surface area contributed by atoms with Gasteiger partial charge in [-0.25, -0.2) is 14.9 Å². The van der Waals surface area contributed by atoms with E-state index in [0.29, 0.717) is 65.9 Å². The Morgan fingerprint density at radius 1 is 0.900 bits per heavy atom. The largest absolute Gasteiger partial charge is 1.00 e. The van der Waals surface area contributed by atoms with Crippen LogP contribution >= 0.6 is 23.2 Å². The lowest BCUT2D eigenvalue weighted by Gasteiger charge is -2.19. The van der Waals surface area contributed by atoms with Crippen LogP contribution in [0, 0.1) is 20.2 Å². The minimum atomic E-state index is -0.426. The highest BCUT2D eigenvalue weighted by atomic mass is 35.5. The third-order valence-corrected chi connectivity index (χ3v) is 7.69. The lowest BCUT2D eigenvalue weighted by atomic mass is 10.2. The minimum Gasteiger partial charge on any atom is -1.00 e. The molecule has 0 atom stereocenters. The third kappa shape index (κ3) is 11.4. The molecule has 0 bridgehead atoms.